The fraction of sp³-hybridized carbons (Fsp3) is 0.875. The number of hydrogen-bond donors (Lipinski definition) is 1. The maximum absolute atomic E-state index is 12.4. The van der Waals surface area contributed by atoms with Crippen LogP contribution in [0.3, 0.4) is 0 Å². The van der Waals surface area contributed by atoms with Crippen LogP contribution in [0.15, 0.2) is 0 Å². The lowest BCUT2D eigenvalue weighted by Gasteiger charge is -2.36. The van der Waals surface area contributed by atoms with E-state index in [0.717, 1.165) is 39.0 Å². The summed E-state index contributed by atoms with van der Waals surface area (Å²) >= 11 is 0. The molecule has 0 bridgehead atoms. The zero-order chi connectivity index (χ0) is 15.9. The lowest BCUT2D eigenvalue weighted by molar-refractivity contribution is -0.137. The summed E-state index contributed by atoms with van der Waals surface area (Å²) in [6.07, 6.45) is 4.74. The number of rotatable bonds is 4. The Balaban J connectivity index is 0.00000264. The second kappa shape index (κ2) is 11.9. The van der Waals surface area contributed by atoms with E-state index in [0.29, 0.717) is 26.2 Å². The second-order valence-electron chi connectivity index (χ2n) is 6.53. The average Bonchev–Trinajstić information content (AvgIpc) is 2.83. The molecule has 142 valence electrons. The van der Waals surface area contributed by atoms with Gasteiger partial charge in [-0.05, 0) is 12.8 Å². The van der Waals surface area contributed by atoms with E-state index in [9.17, 15) is 9.59 Å². The quantitative estimate of drug-likeness (QED) is 0.786. The molecular weight excluding hydrogens is 351 g/mol. The van der Waals surface area contributed by atoms with Crippen LogP contribution in [-0.4, -0.2) is 78.9 Å². The van der Waals surface area contributed by atoms with Crippen LogP contribution in [0.4, 0.5) is 0 Å². The summed E-state index contributed by atoms with van der Waals surface area (Å²) in [7, 11) is 0. The average molecular weight is 383 g/mol. The molecule has 6 nitrogen and oxygen atoms in total. The van der Waals surface area contributed by atoms with Gasteiger partial charge in [0.25, 0.3) is 0 Å². The molecule has 2 heterocycles. The van der Waals surface area contributed by atoms with Gasteiger partial charge in [-0.1, -0.05) is 19.8 Å². The van der Waals surface area contributed by atoms with Crippen molar-refractivity contribution in [2.75, 3.05) is 52.4 Å². The van der Waals surface area contributed by atoms with Gasteiger partial charge in [0.05, 0.1) is 6.54 Å². The van der Waals surface area contributed by atoms with Crippen LogP contribution in [0.2, 0.25) is 0 Å². The Morgan fingerprint density at radius 1 is 0.875 bits per heavy atom. The van der Waals surface area contributed by atoms with Crippen molar-refractivity contribution >= 4 is 36.6 Å². The van der Waals surface area contributed by atoms with E-state index >= 15 is 0 Å². The normalized spacial score (nSPS) is 20.4. The van der Waals surface area contributed by atoms with E-state index < -0.39 is 0 Å². The van der Waals surface area contributed by atoms with Crippen molar-refractivity contribution in [3.8, 4) is 0 Å². The highest BCUT2D eigenvalue weighted by atomic mass is 35.5. The Hall–Kier alpha value is -0.560. The lowest BCUT2D eigenvalue weighted by atomic mass is 10.1. The smallest absolute Gasteiger partial charge is 0.236 e. The Kier molecular flexibility index (Phi) is 11.6. The number of hydrogen-bond acceptors (Lipinski definition) is 4. The SMILES string of the molecule is CC(CN)C(=O)N1CCN(CC(=O)N2CCCCCC2)CC1.Cl.Cl. The third-order valence-corrected chi connectivity index (χ3v) is 4.78. The third kappa shape index (κ3) is 6.75. The molecule has 0 spiro atoms. The number of nitrogens with two attached hydrogens (primary N) is 1. The topological polar surface area (TPSA) is 69.9 Å². The van der Waals surface area contributed by atoms with Crippen LogP contribution in [-0.2, 0) is 9.59 Å². The molecule has 2 N–H and O–H groups in total. The second-order valence-corrected chi connectivity index (χ2v) is 6.53. The number of likely N-dealkylation sites (tertiary alicyclic amines) is 1. The first kappa shape index (κ1) is 23.4. The van der Waals surface area contributed by atoms with Gasteiger partial charge in [-0.25, -0.2) is 0 Å². The minimum Gasteiger partial charge on any atom is -0.342 e. The molecule has 24 heavy (non-hydrogen) atoms. The molecule has 2 fully saturated rings. The summed E-state index contributed by atoms with van der Waals surface area (Å²) in [5.74, 6) is 0.281. The third-order valence-electron chi connectivity index (χ3n) is 4.78. The van der Waals surface area contributed by atoms with E-state index in [2.05, 4.69) is 4.90 Å². The standard InChI is InChI=1S/C16H30N4O2.2ClH/c1-14(12-17)16(22)20-10-8-18(9-11-20)13-15(21)19-6-4-2-3-5-7-19;;/h14H,2-13,17H2,1H3;2*1H. The Morgan fingerprint density at radius 3 is 1.92 bits per heavy atom. The Morgan fingerprint density at radius 2 is 1.42 bits per heavy atom. The van der Waals surface area contributed by atoms with Gasteiger partial charge < -0.3 is 15.5 Å². The molecule has 8 heteroatoms. The molecular formula is C16H32Cl2N4O2. The Labute approximate surface area is 157 Å². The van der Waals surface area contributed by atoms with E-state index in [1.807, 2.05) is 16.7 Å². The predicted molar refractivity (Wildman–Crippen MR) is 101 cm³/mol. The zero-order valence-electron chi connectivity index (χ0n) is 14.6. The highest BCUT2D eigenvalue weighted by Crippen LogP contribution is 2.11. The number of amides is 2. The molecule has 0 aliphatic carbocycles. The van der Waals surface area contributed by atoms with Gasteiger partial charge in [0.2, 0.25) is 11.8 Å². The van der Waals surface area contributed by atoms with Gasteiger partial charge in [-0.2, -0.15) is 0 Å². The zero-order valence-corrected chi connectivity index (χ0v) is 16.2. The molecule has 0 aromatic rings. The number of nitrogens with zero attached hydrogens (tertiary/aromatic N) is 3. The minimum absolute atomic E-state index is 0. The first-order valence-corrected chi connectivity index (χ1v) is 8.61. The van der Waals surface area contributed by atoms with Crippen molar-refractivity contribution < 1.29 is 9.59 Å². The highest BCUT2D eigenvalue weighted by molar-refractivity contribution is 5.85. The van der Waals surface area contributed by atoms with Gasteiger partial charge in [0.1, 0.15) is 0 Å². The van der Waals surface area contributed by atoms with Crippen LogP contribution in [0.25, 0.3) is 0 Å². The van der Waals surface area contributed by atoms with Crippen molar-refractivity contribution in [3.05, 3.63) is 0 Å². The van der Waals surface area contributed by atoms with Crippen LogP contribution in [0, 0.1) is 5.92 Å². The van der Waals surface area contributed by atoms with E-state index in [1.165, 1.54) is 12.8 Å². The maximum Gasteiger partial charge on any atom is 0.236 e. The summed E-state index contributed by atoms with van der Waals surface area (Å²) in [4.78, 5) is 30.5. The fourth-order valence-corrected chi connectivity index (χ4v) is 3.15. The van der Waals surface area contributed by atoms with Gasteiger partial charge in [0, 0.05) is 51.7 Å². The van der Waals surface area contributed by atoms with Crippen molar-refractivity contribution in [3.63, 3.8) is 0 Å². The number of halogens is 2. The van der Waals surface area contributed by atoms with Crippen LogP contribution in [0.1, 0.15) is 32.6 Å². The largest absolute Gasteiger partial charge is 0.342 e. The van der Waals surface area contributed by atoms with E-state index in [-0.39, 0.29) is 42.5 Å². The summed E-state index contributed by atoms with van der Waals surface area (Å²) < 4.78 is 0. The number of piperazine rings is 1. The molecule has 0 aromatic carbocycles. The van der Waals surface area contributed by atoms with E-state index in [4.69, 9.17) is 5.73 Å². The van der Waals surface area contributed by atoms with Gasteiger partial charge in [0.15, 0.2) is 0 Å². The summed E-state index contributed by atoms with van der Waals surface area (Å²) in [6, 6.07) is 0. The molecule has 1 atom stereocenters. The highest BCUT2D eigenvalue weighted by Gasteiger charge is 2.26. The predicted octanol–water partition coefficient (Wildman–Crippen LogP) is 0.972. The van der Waals surface area contributed by atoms with Gasteiger partial charge in [-0.15, -0.1) is 24.8 Å². The minimum atomic E-state index is -0.106. The van der Waals surface area contributed by atoms with Crippen molar-refractivity contribution in [1.29, 1.82) is 0 Å². The van der Waals surface area contributed by atoms with Crippen molar-refractivity contribution in [2.24, 2.45) is 11.7 Å². The number of carbonyl (C=O) groups excluding carboxylic acids is 2. The van der Waals surface area contributed by atoms with Crippen LogP contribution < -0.4 is 5.73 Å². The summed E-state index contributed by atoms with van der Waals surface area (Å²) in [5, 5.41) is 0. The monoisotopic (exact) mass is 382 g/mol. The molecule has 2 aliphatic heterocycles. The Bertz CT molecular complexity index is 382. The van der Waals surface area contributed by atoms with Crippen molar-refractivity contribution in [2.45, 2.75) is 32.6 Å². The molecule has 0 aromatic heterocycles. The van der Waals surface area contributed by atoms with Gasteiger partial charge in [-0.3, -0.25) is 14.5 Å². The van der Waals surface area contributed by atoms with Crippen LogP contribution in [0.5, 0.6) is 0 Å². The molecule has 0 saturated carbocycles. The molecule has 1 unspecified atom stereocenters. The summed E-state index contributed by atoms with van der Waals surface area (Å²) in [6.45, 7) is 7.55. The van der Waals surface area contributed by atoms with Crippen LogP contribution >= 0.6 is 24.8 Å². The molecule has 2 aliphatic rings. The molecule has 2 saturated heterocycles. The van der Waals surface area contributed by atoms with Gasteiger partial charge >= 0.3 is 0 Å². The molecule has 0 radical (unpaired) electrons. The maximum atomic E-state index is 12.4. The van der Waals surface area contributed by atoms with E-state index in [1.54, 1.807) is 0 Å². The molecule has 2 rings (SSSR count). The van der Waals surface area contributed by atoms with Crippen molar-refractivity contribution in [1.82, 2.24) is 14.7 Å². The lowest BCUT2D eigenvalue weighted by Crippen LogP contribution is -2.53. The molecule has 2 amide bonds. The summed E-state index contributed by atoms with van der Waals surface area (Å²) in [5.41, 5.74) is 5.56. The number of carbonyl (C=O) groups is 2. The first-order valence-electron chi connectivity index (χ1n) is 8.61. The first-order chi connectivity index (χ1) is 10.6. The fourth-order valence-electron chi connectivity index (χ4n) is 3.15.